The molecule has 0 amide bonds. The highest BCUT2D eigenvalue weighted by molar-refractivity contribution is 9.11. The Morgan fingerprint density at radius 2 is 2.50 bits per heavy atom. The van der Waals surface area contributed by atoms with E-state index in [0.717, 1.165) is 22.4 Å². The highest BCUT2D eigenvalue weighted by Crippen LogP contribution is 2.35. The van der Waals surface area contributed by atoms with E-state index < -0.39 is 0 Å². The largest absolute Gasteiger partial charge is 0.387 e. The Kier molecular flexibility index (Phi) is 2.25. The van der Waals surface area contributed by atoms with Crippen molar-refractivity contribution in [3.8, 4) is 0 Å². The average Bonchev–Trinajstić information content (AvgIpc) is 2.29. The van der Waals surface area contributed by atoms with Crippen molar-refractivity contribution in [2.24, 2.45) is 0 Å². The molecular formula is C8H10BrNOS. The average molecular weight is 248 g/mol. The van der Waals surface area contributed by atoms with Crippen molar-refractivity contribution >= 4 is 27.3 Å². The fourth-order valence-corrected chi connectivity index (χ4v) is 3.37. The second kappa shape index (κ2) is 3.10. The van der Waals surface area contributed by atoms with Crippen molar-refractivity contribution < 1.29 is 5.11 Å². The molecule has 0 bridgehead atoms. The molecule has 0 saturated carbocycles. The molecule has 1 aliphatic heterocycles. The van der Waals surface area contributed by atoms with E-state index in [1.807, 2.05) is 13.1 Å². The summed E-state index contributed by atoms with van der Waals surface area (Å²) in [5, 5.41) is 9.69. The van der Waals surface area contributed by atoms with E-state index in [1.54, 1.807) is 11.3 Å². The van der Waals surface area contributed by atoms with Crippen LogP contribution in [0.5, 0.6) is 0 Å². The third-order valence-electron chi connectivity index (χ3n) is 2.07. The summed E-state index contributed by atoms with van der Waals surface area (Å²) in [5.41, 5.74) is 1.10. The second-order valence-corrected chi connectivity index (χ2v) is 5.66. The van der Waals surface area contributed by atoms with Crippen molar-refractivity contribution in [3.63, 3.8) is 0 Å². The van der Waals surface area contributed by atoms with E-state index in [4.69, 9.17) is 0 Å². The number of rotatable bonds is 0. The Morgan fingerprint density at radius 3 is 3.25 bits per heavy atom. The quantitative estimate of drug-likeness (QED) is 0.759. The predicted octanol–water partition coefficient (Wildman–Crippen LogP) is 1.99. The minimum absolute atomic E-state index is 0.304. The maximum absolute atomic E-state index is 9.69. The lowest BCUT2D eigenvalue weighted by molar-refractivity contribution is 0.109. The molecule has 1 aliphatic rings. The number of β-amino-alcohol motifs (C(OH)–C–C–N with tert-alkyl or cyclic N) is 1. The van der Waals surface area contributed by atoms with Crippen LogP contribution in [0.15, 0.2) is 9.85 Å². The molecule has 2 nitrogen and oxygen atoms in total. The molecule has 1 unspecified atom stereocenters. The van der Waals surface area contributed by atoms with Gasteiger partial charge in [-0.25, -0.2) is 0 Å². The fraction of sp³-hybridized carbons (Fsp3) is 0.500. The van der Waals surface area contributed by atoms with Crippen LogP contribution in [0, 0.1) is 0 Å². The summed E-state index contributed by atoms with van der Waals surface area (Å²) >= 11 is 5.14. The van der Waals surface area contributed by atoms with Crippen LogP contribution >= 0.6 is 27.3 Å². The van der Waals surface area contributed by atoms with Gasteiger partial charge in [0.1, 0.15) is 0 Å². The Hall–Kier alpha value is 0.1000. The standard InChI is InChI=1S/C8H10BrNOS/c1-10-3-6(11)5-2-8(9)12-7(5)4-10/h2,6,11H,3-4H2,1H3. The van der Waals surface area contributed by atoms with Crippen LogP contribution in [-0.2, 0) is 6.54 Å². The molecule has 1 aromatic heterocycles. The lowest BCUT2D eigenvalue weighted by atomic mass is 10.1. The molecule has 1 aromatic rings. The Labute approximate surface area is 83.9 Å². The summed E-state index contributed by atoms with van der Waals surface area (Å²) in [7, 11) is 2.03. The zero-order valence-electron chi connectivity index (χ0n) is 6.75. The number of hydrogen-bond donors (Lipinski definition) is 1. The Balaban J connectivity index is 2.40. The molecular weight excluding hydrogens is 238 g/mol. The molecule has 0 aromatic carbocycles. The molecule has 1 atom stereocenters. The summed E-state index contributed by atoms with van der Waals surface area (Å²) in [6, 6.07) is 2.03. The topological polar surface area (TPSA) is 23.5 Å². The number of halogens is 1. The highest BCUT2D eigenvalue weighted by Gasteiger charge is 2.23. The summed E-state index contributed by atoms with van der Waals surface area (Å²) in [6.45, 7) is 1.71. The smallest absolute Gasteiger partial charge is 0.0928 e. The van der Waals surface area contributed by atoms with Crippen LogP contribution in [0.3, 0.4) is 0 Å². The van der Waals surface area contributed by atoms with Crippen LogP contribution in [0.4, 0.5) is 0 Å². The molecule has 2 rings (SSSR count). The molecule has 0 radical (unpaired) electrons. The fourth-order valence-electron chi connectivity index (χ4n) is 1.52. The summed E-state index contributed by atoms with van der Waals surface area (Å²) in [4.78, 5) is 3.42. The first-order chi connectivity index (χ1) is 5.66. The normalized spacial score (nSPS) is 24.1. The number of aliphatic hydroxyl groups is 1. The van der Waals surface area contributed by atoms with E-state index in [0.29, 0.717) is 0 Å². The van der Waals surface area contributed by atoms with Crippen molar-refractivity contribution in [1.29, 1.82) is 0 Å². The van der Waals surface area contributed by atoms with Crippen LogP contribution < -0.4 is 0 Å². The number of fused-ring (bicyclic) bond motifs is 1. The first kappa shape index (κ1) is 8.69. The van der Waals surface area contributed by atoms with Gasteiger partial charge in [-0.3, -0.25) is 4.90 Å². The van der Waals surface area contributed by atoms with Gasteiger partial charge in [-0.2, -0.15) is 0 Å². The highest BCUT2D eigenvalue weighted by atomic mass is 79.9. The van der Waals surface area contributed by atoms with E-state index >= 15 is 0 Å². The third kappa shape index (κ3) is 1.44. The van der Waals surface area contributed by atoms with Gasteiger partial charge >= 0.3 is 0 Å². The Morgan fingerprint density at radius 1 is 1.75 bits per heavy atom. The first-order valence-corrected chi connectivity index (χ1v) is 5.42. The van der Waals surface area contributed by atoms with Gasteiger partial charge < -0.3 is 5.11 Å². The molecule has 1 N–H and O–H groups in total. The van der Waals surface area contributed by atoms with Crippen molar-refractivity contribution in [2.45, 2.75) is 12.6 Å². The number of likely N-dealkylation sites (N-methyl/N-ethyl adjacent to an activating group) is 1. The first-order valence-electron chi connectivity index (χ1n) is 3.81. The molecule has 0 aliphatic carbocycles. The number of nitrogens with zero attached hydrogens (tertiary/aromatic N) is 1. The zero-order chi connectivity index (χ0) is 8.72. The zero-order valence-corrected chi connectivity index (χ0v) is 9.15. The van der Waals surface area contributed by atoms with Gasteiger partial charge in [-0.05, 0) is 34.6 Å². The van der Waals surface area contributed by atoms with Gasteiger partial charge in [0, 0.05) is 18.0 Å². The van der Waals surface area contributed by atoms with Crippen LogP contribution in [-0.4, -0.2) is 23.6 Å². The van der Waals surface area contributed by atoms with Crippen LogP contribution in [0.25, 0.3) is 0 Å². The van der Waals surface area contributed by atoms with Crippen molar-refractivity contribution in [1.82, 2.24) is 4.90 Å². The minimum atomic E-state index is -0.304. The van der Waals surface area contributed by atoms with Gasteiger partial charge in [0.2, 0.25) is 0 Å². The van der Waals surface area contributed by atoms with Gasteiger partial charge in [0.25, 0.3) is 0 Å². The van der Waals surface area contributed by atoms with Gasteiger partial charge in [-0.15, -0.1) is 11.3 Å². The number of thiophene rings is 1. The SMILES string of the molecule is CN1Cc2sc(Br)cc2C(O)C1. The van der Waals surface area contributed by atoms with Gasteiger partial charge in [-0.1, -0.05) is 0 Å². The lowest BCUT2D eigenvalue weighted by Crippen LogP contribution is -2.28. The molecule has 12 heavy (non-hydrogen) atoms. The summed E-state index contributed by atoms with van der Waals surface area (Å²) < 4.78 is 1.11. The lowest BCUT2D eigenvalue weighted by Gasteiger charge is -2.26. The number of aliphatic hydroxyl groups excluding tert-OH is 1. The number of hydrogen-bond acceptors (Lipinski definition) is 3. The molecule has 66 valence electrons. The summed E-state index contributed by atoms with van der Waals surface area (Å²) in [5.74, 6) is 0. The van der Waals surface area contributed by atoms with Crippen LogP contribution in [0.1, 0.15) is 16.5 Å². The van der Waals surface area contributed by atoms with E-state index in [9.17, 15) is 5.11 Å². The summed E-state index contributed by atoms with van der Waals surface area (Å²) in [6.07, 6.45) is -0.304. The molecule has 2 heterocycles. The van der Waals surface area contributed by atoms with Gasteiger partial charge in [0.05, 0.1) is 9.89 Å². The maximum Gasteiger partial charge on any atom is 0.0928 e. The van der Waals surface area contributed by atoms with Gasteiger partial charge in [0.15, 0.2) is 0 Å². The van der Waals surface area contributed by atoms with E-state index in [-0.39, 0.29) is 6.10 Å². The monoisotopic (exact) mass is 247 g/mol. The predicted molar refractivity (Wildman–Crippen MR) is 53.3 cm³/mol. The molecule has 4 heteroatoms. The van der Waals surface area contributed by atoms with Crippen molar-refractivity contribution in [2.75, 3.05) is 13.6 Å². The van der Waals surface area contributed by atoms with E-state index in [1.165, 1.54) is 4.88 Å². The third-order valence-corrected chi connectivity index (χ3v) is 3.71. The minimum Gasteiger partial charge on any atom is -0.387 e. The second-order valence-electron chi connectivity index (χ2n) is 3.14. The maximum atomic E-state index is 9.69. The van der Waals surface area contributed by atoms with Crippen molar-refractivity contribution in [3.05, 3.63) is 20.3 Å². The molecule has 0 fully saturated rings. The molecule has 0 saturated heterocycles. The Bertz CT molecular complexity index is 299. The molecule has 0 spiro atoms. The van der Waals surface area contributed by atoms with E-state index in [2.05, 4.69) is 20.8 Å². The van der Waals surface area contributed by atoms with Crippen LogP contribution in [0.2, 0.25) is 0 Å².